The van der Waals surface area contributed by atoms with Crippen molar-refractivity contribution in [2.75, 3.05) is 33.9 Å². The smallest absolute Gasteiger partial charge is 0.248 e. The van der Waals surface area contributed by atoms with Gasteiger partial charge in [-0.1, -0.05) is 13.0 Å². The molecule has 0 aromatic heterocycles. The Morgan fingerprint density at radius 3 is 2.10 bits per heavy atom. The van der Waals surface area contributed by atoms with E-state index in [1.807, 2.05) is 0 Å². The summed E-state index contributed by atoms with van der Waals surface area (Å²) in [6.07, 6.45) is 1.01. The number of methoxy groups -OCH3 is 2. The molecule has 0 saturated heterocycles. The molecule has 0 aliphatic carbocycles. The first-order valence-electron chi connectivity index (χ1n) is 6.48. The van der Waals surface area contributed by atoms with E-state index in [1.165, 1.54) is 14.2 Å². The molecule has 0 saturated carbocycles. The fraction of sp³-hybridized carbons (Fsp3) is 0.538. The van der Waals surface area contributed by atoms with Gasteiger partial charge in [0.25, 0.3) is 0 Å². The SMILES string of the molecule is CCCNCCNS(=O)(=O)c1c(OC)cccc1OC.Cl. The van der Waals surface area contributed by atoms with Crippen molar-refractivity contribution in [3.63, 3.8) is 0 Å². The van der Waals surface area contributed by atoms with Gasteiger partial charge in [0, 0.05) is 13.1 Å². The summed E-state index contributed by atoms with van der Waals surface area (Å²) >= 11 is 0. The zero-order valence-corrected chi connectivity index (χ0v) is 14.1. The summed E-state index contributed by atoms with van der Waals surface area (Å²) in [7, 11) is -0.819. The normalized spacial score (nSPS) is 10.8. The van der Waals surface area contributed by atoms with Crippen molar-refractivity contribution >= 4 is 22.4 Å². The second-order valence-corrected chi connectivity index (χ2v) is 5.84. The zero-order chi connectivity index (χ0) is 15.0. The molecule has 0 fully saturated rings. The van der Waals surface area contributed by atoms with Crippen LogP contribution in [0.2, 0.25) is 0 Å². The van der Waals surface area contributed by atoms with Crippen LogP contribution in [0.5, 0.6) is 11.5 Å². The summed E-state index contributed by atoms with van der Waals surface area (Å²) in [4.78, 5) is 0.0282. The molecule has 0 bridgehead atoms. The van der Waals surface area contributed by atoms with E-state index in [4.69, 9.17) is 9.47 Å². The molecule has 2 N–H and O–H groups in total. The van der Waals surface area contributed by atoms with Crippen LogP contribution in [0.25, 0.3) is 0 Å². The molecule has 8 heteroatoms. The number of nitrogens with one attached hydrogen (secondary N) is 2. The van der Waals surface area contributed by atoms with Crippen molar-refractivity contribution in [2.45, 2.75) is 18.2 Å². The van der Waals surface area contributed by atoms with Crippen molar-refractivity contribution in [1.82, 2.24) is 10.0 Å². The van der Waals surface area contributed by atoms with Crippen LogP contribution in [0.4, 0.5) is 0 Å². The third-order valence-corrected chi connectivity index (χ3v) is 4.20. The number of sulfonamides is 1. The third kappa shape index (κ3) is 5.70. The van der Waals surface area contributed by atoms with E-state index in [-0.39, 0.29) is 28.8 Å². The lowest BCUT2D eigenvalue weighted by molar-refractivity contribution is 0.373. The Bertz CT molecular complexity index is 501. The molecule has 0 aliphatic heterocycles. The van der Waals surface area contributed by atoms with Crippen molar-refractivity contribution in [3.05, 3.63) is 18.2 Å². The summed E-state index contributed by atoms with van der Waals surface area (Å²) in [5.41, 5.74) is 0. The van der Waals surface area contributed by atoms with E-state index in [0.717, 1.165) is 13.0 Å². The molecule has 6 nitrogen and oxygen atoms in total. The van der Waals surface area contributed by atoms with Gasteiger partial charge in [-0.3, -0.25) is 0 Å². The number of hydrogen-bond acceptors (Lipinski definition) is 5. The molecule has 0 radical (unpaired) electrons. The average Bonchev–Trinajstić information content (AvgIpc) is 2.46. The maximum Gasteiger partial charge on any atom is 0.248 e. The standard InChI is InChI=1S/C13H22N2O4S.ClH/c1-4-8-14-9-10-15-20(16,17)13-11(18-2)6-5-7-12(13)19-3;/h5-7,14-15H,4,8-10H2,1-3H3;1H. The molecule has 122 valence electrons. The van der Waals surface area contributed by atoms with Gasteiger partial charge in [-0.25, -0.2) is 13.1 Å². The molecule has 0 spiro atoms. The molecular formula is C13H23ClN2O4S. The van der Waals surface area contributed by atoms with E-state index in [1.54, 1.807) is 18.2 Å². The highest BCUT2D eigenvalue weighted by Gasteiger charge is 2.23. The number of rotatable bonds is 9. The minimum Gasteiger partial charge on any atom is -0.495 e. The molecular weight excluding hydrogens is 316 g/mol. The van der Waals surface area contributed by atoms with Gasteiger partial charge in [-0.05, 0) is 25.1 Å². The largest absolute Gasteiger partial charge is 0.495 e. The molecule has 0 aliphatic rings. The fourth-order valence-electron chi connectivity index (χ4n) is 1.73. The summed E-state index contributed by atoms with van der Waals surface area (Å²) in [5, 5.41) is 3.13. The molecule has 1 rings (SSSR count). The first-order chi connectivity index (χ1) is 9.56. The van der Waals surface area contributed by atoms with Crippen LogP contribution in [0, 0.1) is 0 Å². The lowest BCUT2D eigenvalue weighted by Crippen LogP contribution is -2.32. The predicted octanol–water partition coefficient (Wildman–Crippen LogP) is 1.40. The van der Waals surface area contributed by atoms with Crippen molar-refractivity contribution in [1.29, 1.82) is 0 Å². The van der Waals surface area contributed by atoms with E-state index in [2.05, 4.69) is 17.0 Å². The zero-order valence-electron chi connectivity index (χ0n) is 12.5. The highest BCUT2D eigenvalue weighted by Crippen LogP contribution is 2.32. The molecule has 0 heterocycles. The summed E-state index contributed by atoms with van der Waals surface area (Å²) < 4.78 is 37.4. The van der Waals surface area contributed by atoms with E-state index in [0.29, 0.717) is 13.1 Å². The first-order valence-corrected chi connectivity index (χ1v) is 7.96. The topological polar surface area (TPSA) is 76.7 Å². The Hall–Kier alpha value is -1.02. The number of halogens is 1. The summed E-state index contributed by atoms with van der Waals surface area (Å²) in [6, 6.07) is 4.86. The van der Waals surface area contributed by atoms with Gasteiger partial charge in [-0.2, -0.15) is 0 Å². The van der Waals surface area contributed by atoms with Gasteiger partial charge in [0.2, 0.25) is 10.0 Å². The van der Waals surface area contributed by atoms with Crippen molar-refractivity contribution in [2.24, 2.45) is 0 Å². The number of ether oxygens (including phenoxy) is 2. The minimum atomic E-state index is -3.67. The van der Waals surface area contributed by atoms with Gasteiger partial charge in [-0.15, -0.1) is 12.4 Å². The Kier molecular flexibility index (Phi) is 9.36. The Morgan fingerprint density at radius 1 is 1.05 bits per heavy atom. The summed E-state index contributed by atoms with van der Waals surface area (Å²) in [5.74, 6) is 0.525. The second kappa shape index (κ2) is 9.83. The molecule has 21 heavy (non-hydrogen) atoms. The van der Waals surface area contributed by atoms with Crippen LogP contribution in [-0.2, 0) is 10.0 Å². The van der Waals surface area contributed by atoms with Crippen molar-refractivity contribution in [3.8, 4) is 11.5 Å². The maximum atomic E-state index is 12.3. The van der Waals surface area contributed by atoms with Gasteiger partial charge >= 0.3 is 0 Å². The molecule has 1 aromatic rings. The Balaban J connectivity index is 0.00000400. The third-order valence-electron chi connectivity index (χ3n) is 2.67. The van der Waals surface area contributed by atoms with Crippen LogP contribution in [0.1, 0.15) is 13.3 Å². The summed E-state index contributed by atoms with van der Waals surface area (Å²) in [6.45, 7) is 3.80. The molecule has 0 amide bonds. The van der Waals surface area contributed by atoms with Crippen LogP contribution >= 0.6 is 12.4 Å². The maximum absolute atomic E-state index is 12.3. The molecule has 0 atom stereocenters. The van der Waals surface area contributed by atoms with Crippen LogP contribution in [0.15, 0.2) is 23.1 Å². The minimum absolute atomic E-state index is 0. The molecule has 0 unspecified atom stereocenters. The van der Waals surface area contributed by atoms with Gasteiger partial charge < -0.3 is 14.8 Å². The quantitative estimate of drug-likeness (QED) is 0.666. The monoisotopic (exact) mass is 338 g/mol. The van der Waals surface area contributed by atoms with Crippen LogP contribution < -0.4 is 19.5 Å². The van der Waals surface area contributed by atoms with E-state index >= 15 is 0 Å². The van der Waals surface area contributed by atoms with Gasteiger partial charge in [0.1, 0.15) is 11.5 Å². The lowest BCUT2D eigenvalue weighted by atomic mass is 10.3. The first kappa shape index (κ1) is 20.0. The second-order valence-electron chi connectivity index (χ2n) is 4.14. The van der Waals surface area contributed by atoms with Gasteiger partial charge in [0.15, 0.2) is 4.90 Å². The predicted molar refractivity (Wildman–Crippen MR) is 85.1 cm³/mol. The fourth-order valence-corrected chi connectivity index (χ4v) is 3.08. The van der Waals surface area contributed by atoms with Crippen LogP contribution in [-0.4, -0.2) is 42.3 Å². The average molecular weight is 339 g/mol. The highest BCUT2D eigenvalue weighted by molar-refractivity contribution is 7.89. The van der Waals surface area contributed by atoms with Gasteiger partial charge in [0.05, 0.1) is 14.2 Å². The lowest BCUT2D eigenvalue weighted by Gasteiger charge is -2.14. The number of hydrogen-bond donors (Lipinski definition) is 2. The van der Waals surface area contributed by atoms with Crippen LogP contribution in [0.3, 0.4) is 0 Å². The Labute approximate surface area is 132 Å². The van der Waals surface area contributed by atoms with E-state index < -0.39 is 10.0 Å². The number of benzene rings is 1. The highest BCUT2D eigenvalue weighted by atomic mass is 35.5. The van der Waals surface area contributed by atoms with Crippen molar-refractivity contribution < 1.29 is 17.9 Å². The molecule has 1 aromatic carbocycles. The van der Waals surface area contributed by atoms with E-state index in [9.17, 15) is 8.42 Å². The Morgan fingerprint density at radius 2 is 1.62 bits per heavy atom.